The van der Waals surface area contributed by atoms with E-state index in [4.69, 9.17) is 0 Å². The van der Waals surface area contributed by atoms with E-state index in [1.807, 2.05) is 18.2 Å². The molecule has 0 saturated heterocycles. The Morgan fingerprint density at radius 3 is 2.41 bits per heavy atom. The molecule has 0 N–H and O–H groups in total. The van der Waals surface area contributed by atoms with Crippen molar-refractivity contribution in [3.63, 3.8) is 0 Å². The van der Waals surface area contributed by atoms with Crippen LogP contribution in [0.5, 0.6) is 0 Å². The molecule has 0 aliphatic carbocycles. The van der Waals surface area contributed by atoms with Crippen LogP contribution in [-0.4, -0.2) is 27.3 Å². The molecule has 0 amide bonds. The van der Waals surface area contributed by atoms with E-state index in [9.17, 15) is 8.42 Å². The first-order valence-corrected chi connectivity index (χ1v) is 6.08. The maximum absolute atomic E-state index is 11.8. The van der Waals surface area contributed by atoms with Gasteiger partial charge >= 0.3 is 29.0 Å². The summed E-state index contributed by atoms with van der Waals surface area (Å²) in [7, 11) is -3.75. The van der Waals surface area contributed by atoms with Gasteiger partial charge in [-0.05, 0) is 11.5 Å². The molecule has 0 atom stereocenters. The molecule has 3 nitrogen and oxygen atoms in total. The molecule has 0 unspecified atom stereocenters. The summed E-state index contributed by atoms with van der Waals surface area (Å²) >= 11 is 0. The topological polar surface area (TPSA) is 43.4 Å². The summed E-state index contributed by atoms with van der Waals surface area (Å²) in [6, 6.07) is 12.3. The predicted octanol–water partition coefficient (Wildman–Crippen LogP) is 2.04. The number of fused-ring (bicyclic) bond motifs is 1. The molecule has 2 rings (SSSR count). The summed E-state index contributed by atoms with van der Waals surface area (Å²) in [5, 5.41) is 1.50. The normalized spacial score (nSPS) is 10.6. The van der Waals surface area contributed by atoms with Crippen LogP contribution < -0.4 is 0 Å². The fraction of sp³-hybridized carbons (Fsp3) is 0. The molecule has 0 radical (unpaired) electrons. The van der Waals surface area contributed by atoms with Gasteiger partial charge < -0.3 is 4.18 Å². The summed E-state index contributed by atoms with van der Waals surface area (Å²) in [4.78, 5) is 0.158. The zero-order chi connectivity index (χ0) is 11.6. The molecule has 0 spiro atoms. The summed E-state index contributed by atoms with van der Waals surface area (Å²) in [5.41, 5.74) is 0. The summed E-state index contributed by atoms with van der Waals surface area (Å²) in [5.74, 6) is 0. The van der Waals surface area contributed by atoms with Crippen molar-refractivity contribution >= 4 is 39.8 Å². The Hall–Kier alpha value is -1.21. The van der Waals surface area contributed by atoms with Gasteiger partial charge in [0.2, 0.25) is 0 Å². The number of rotatable bonds is 3. The fourth-order valence-electron chi connectivity index (χ4n) is 1.56. The zero-order valence-corrected chi connectivity index (χ0v) is 9.28. The monoisotopic (exact) mass is 242 g/mol. The van der Waals surface area contributed by atoms with Crippen LogP contribution in [0.1, 0.15) is 0 Å². The standard InChI is InChI=1S/C12H10O3S.Li.H/c1-2-15-16(13,14)12-9-5-7-10-6-3-4-8-11(10)12;;/h2-9H,1H2;;. The van der Waals surface area contributed by atoms with Crippen LogP contribution in [0.4, 0.5) is 0 Å². The van der Waals surface area contributed by atoms with Crippen LogP contribution in [0, 0.1) is 0 Å². The Labute approximate surface area is 112 Å². The molecule has 2 aromatic rings. The Kier molecular flexibility index (Phi) is 4.41. The third-order valence-electron chi connectivity index (χ3n) is 2.21. The molecule has 5 heteroatoms. The van der Waals surface area contributed by atoms with Crippen molar-refractivity contribution in [1.29, 1.82) is 0 Å². The van der Waals surface area contributed by atoms with E-state index < -0.39 is 10.1 Å². The second-order valence-corrected chi connectivity index (χ2v) is 4.73. The molecule has 0 fully saturated rings. The number of hydrogen-bond acceptors (Lipinski definition) is 3. The maximum atomic E-state index is 11.8. The minimum atomic E-state index is -3.75. The van der Waals surface area contributed by atoms with Gasteiger partial charge in [0, 0.05) is 5.39 Å². The van der Waals surface area contributed by atoms with Crippen LogP contribution in [-0.2, 0) is 14.3 Å². The summed E-state index contributed by atoms with van der Waals surface area (Å²) < 4.78 is 28.1. The number of hydrogen-bond donors (Lipinski definition) is 0. The number of benzene rings is 2. The molecular formula is C12H11LiO3S. The first-order chi connectivity index (χ1) is 7.65. The van der Waals surface area contributed by atoms with Crippen molar-refractivity contribution in [3.05, 3.63) is 55.3 Å². The Morgan fingerprint density at radius 1 is 1.06 bits per heavy atom. The molecular weight excluding hydrogens is 231 g/mol. The molecule has 0 aromatic heterocycles. The molecule has 0 aliphatic rings. The summed E-state index contributed by atoms with van der Waals surface area (Å²) in [6.45, 7) is 3.25. The van der Waals surface area contributed by atoms with Gasteiger partial charge in [0.15, 0.2) is 0 Å². The van der Waals surface area contributed by atoms with Gasteiger partial charge in [0.05, 0.1) is 6.26 Å². The van der Waals surface area contributed by atoms with Gasteiger partial charge in [-0.2, -0.15) is 8.42 Å². The SMILES string of the molecule is C=COS(=O)(=O)c1cccc2ccccc12.[LiH]. The summed E-state index contributed by atoms with van der Waals surface area (Å²) in [6.07, 6.45) is 0.914. The van der Waals surface area contributed by atoms with Crippen LogP contribution in [0.15, 0.2) is 60.2 Å². The van der Waals surface area contributed by atoms with Crippen molar-refractivity contribution in [1.82, 2.24) is 0 Å². The van der Waals surface area contributed by atoms with Gasteiger partial charge in [-0.15, -0.1) is 0 Å². The Balaban J connectivity index is 0.00000144. The second kappa shape index (κ2) is 5.41. The van der Waals surface area contributed by atoms with Crippen LogP contribution in [0.3, 0.4) is 0 Å². The van der Waals surface area contributed by atoms with E-state index >= 15 is 0 Å². The molecule has 17 heavy (non-hydrogen) atoms. The van der Waals surface area contributed by atoms with Gasteiger partial charge in [-0.25, -0.2) is 0 Å². The third kappa shape index (κ3) is 2.73. The third-order valence-corrected chi connectivity index (χ3v) is 3.50. The van der Waals surface area contributed by atoms with Gasteiger partial charge in [0.25, 0.3) is 0 Å². The molecule has 0 heterocycles. The average Bonchev–Trinajstić information content (AvgIpc) is 2.28. The van der Waals surface area contributed by atoms with Gasteiger partial charge in [-0.1, -0.05) is 43.0 Å². The first-order valence-electron chi connectivity index (χ1n) is 4.67. The zero-order valence-electron chi connectivity index (χ0n) is 8.46. The predicted molar refractivity (Wildman–Crippen MR) is 69.6 cm³/mol. The van der Waals surface area contributed by atoms with Gasteiger partial charge in [-0.3, -0.25) is 0 Å². The van der Waals surface area contributed by atoms with Crippen molar-refractivity contribution in [3.8, 4) is 0 Å². The van der Waals surface area contributed by atoms with Crippen molar-refractivity contribution in [2.24, 2.45) is 0 Å². The van der Waals surface area contributed by atoms with E-state index in [-0.39, 0.29) is 23.8 Å². The van der Waals surface area contributed by atoms with E-state index in [0.717, 1.165) is 11.6 Å². The van der Waals surface area contributed by atoms with E-state index in [1.165, 1.54) is 6.07 Å². The van der Waals surface area contributed by atoms with Crippen molar-refractivity contribution in [2.45, 2.75) is 4.90 Å². The van der Waals surface area contributed by atoms with E-state index in [1.54, 1.807) is 18.2 Å². The molecule has 2 aromatic carbocycles. The fourth-order valence-corrected chi connectivity index (χ4v) is 2.54. The first kappa shape index (κ1) is 13.9. The Bertz CT molecular complexity index is 630. The van der Waals surface area contributed by atoms with Crippen molar-refractivity contribution in [2.75, 3.05) is 0 Å². The van der Waals surface area contributed by atoms with Crippen molar-refractivity contribution < 1.29 is 12.6 Å². The van der Waals surface area contributed by atoms with Crippen LogP contribution in [0.25, 0.3) is 10.8 Å². The van der Waals surface area contributed by atoms with Crippen LogP contribution >= 0.6 is 0 Å². The minimum absolute atomic E-state index is 0. The second-order valence-electron chi connectivity index (χ2n) is 3.19. The van der Waals surface area contributed by atoms with E-state index in [0.29, 0.717) is 5.39 Å². The van der Waals surface area contributed by atoms with E-state index in [2.05, 4.69) is 10.8 Å². The molecule has 0 aliphatic heterocycles. The Morgan fingerprint density at radius 2 is 1.71 bits per heavy atom. The molecule has 84 valence electrons. The van der Waals surface area contributed by atoms with Crippen LogP contribution in [0.2, 0.25) is 0 Å². The molecule has 0 saturated carbocycles. The quantitative estimate of drug-likeness (QED) is 0.470. The van der Waals surface area contributed by atoms with Gasteiger partial charge in [0.1, 0.15) is 4.90 Å². The average molecular weight is 242 g/mol. The molecule has 0 bridgehead atoms.